The molecule has 0 bridgehead atoms. The number of nitrogens with zero attached hydrogens (tertiary/aromatic N) is 3. The number of hydrogen-bond acceptors (Lipinski definition) is 2. The van der Waals surface area contributed by atoms with E-state index in [1.54, 1.807) is 25.4 Å². The van der Waals surface area contributed by atoms with Gasteiger partial charge in [0.15, 0.2) is 5.96 Å². The van der Waals surface area contributed by atoms with Crippen molar-refractivity contribution in [3.05, 3.63) is 77.7 Å². The Bertz CT molecular complexity index is 886. The Hall–Kier alpha value is -2.95. The maximum atomic E-state index is 13.3. The molecule has 0 unspecified atom stereocenters. The molecule has 0 aliphatic rings. The summed E-state index contributed by atoms with van der Waals surface area (Å²) in [5.41, 5.74) is 3.00. The monoisotopic (exact) mass is 336 g/mol. The Balaban J connectivity index is 1.70. The Morgan fingerprint density at radius 3 is 2.76 bits per heavy atom. The summed E-state index contributed by atoms with van der Waals surface area (Å²) in [6.45, 7) is 1.19. The van der Waals surface area contributed by atoms with Gasteiger partial charge < -0.3 is 10.2 Å². The van der Waals surface area contributed by atoms with Gasteiger partial charge >= 0.3 is 0 Å². The van der Waals surface area contributed by atoms with E-state index in [9.17, 15) is 4.39 Å². The number of para-hydroxylation sites is 1. The molecule has 4 nitrogen and oxygen atoms in total. The van der Waals surface area contributed by atoms with Crippen LogP contribution in [0.15, 0.2) is 65.8 Å². The molecule has 0 amide bonds. The SMILES string of the molecule is CN=C(NCc1cccc2cccnc12)N(C)Cc1cccc(F)c1. The van der Waals surface area contributed by atoms with Crippen LogP contribution in [0.25, 0.3) is 10.9 Å². The summed E-state index contributed by atoms with van der Waals surface area (Å²) in [6.07, 6.45) is 1.80. The third-order valence-corrected chi connectivity index (χ3v) is 4.04. The molecule has 25 heavy (non-hydrogen) atoms. The molecule has 0 fully saturated rings. The molecule has 0 aliphatic carbocycles. The molecule has 3 aromatic rings. The third-order valence-electron chi connectivity index (χ3n) is 4.04. The molecule has 2 aromatic carbocycles. The molecule has 0 saturated carbocycles. The fourth-order valence-electron chi connectivity index (χ4n) is 2.85. The zero-order valence-electron chi connectivity index (χ0n) is 14.4. The van der Waals surface area contributed by atoms with Crippen molar-refractivity contribution in [2.24, 2.45) is 4.99 Å². The van der Waals surface area contributed by atoms with Crippen molar-refractivity contribution in [2.45, 2.75) is 13.1 Å². The van der Waals surface area contributed by atoms with Gasteiger partial charge in [0.1, 0.15) is 5.82 Å². The lowest BCUT2D eigenvalue weighted by molar-refractivity contribution is 0.474. The van der Waals surface area contributed by atoms with E-state index in [-0.39, 0.29) is 5.82 Å². The minimum Gasteiger partial charge on any atom is -0.352 e. The number of fused-ring (bicyclic) bond motifs is 1. The van der Waals surface area contributed by atoms with Crippen molar-refractivity contribution in [1.29, 1.82) is 0 Å². The topological polar surface area (TPSA) is 40.5 Å². The van der Waals surface area contributed by atoms with Gasteiger partial charge in [0, 0.05) is 38.8 Å². The number of aliphatic imine (C=N–C) groups is 1. The second-order valence-corrected chi connectivity index (χ2v) is 5.88. The number of hydrogen-bond donors (Lipinski definition) is 1. The van der Waals surface area contributed by atoms with Crippen LogP contribution in [0.3, 0.4) is 0 Å². The van der Waals surface area contributed by atoms with Gasteiger partial charge in [-0.3, -0.25) is 9.98 Å². The van der Waals surface area contributed by atoms with Crippen molar-refractivity contribution < 1.29 is 4.39 Å². The molecule has 1 heterocycles. The van der Waals surface area contributed by atoms with E-state index in [0.29, 0.717) is 13.1 Å². The fourth-order valence-corrected chi connectivity index (χ4v) is 2.85. The van der Waals surface area contributed by atoms with Gasteiger partial charge in [-0.05, 0) is 29.3 Å². The van der Waals surface area contributed by atoms with Crippen LogP contribution in [0.1, 0.15) is 11.1 Å². The van der Waals surface area contributed by atoms with Crippen molar-refractivity contribution in [3.63, 3.8) is 0 Å². The summed E-state index contributed by atoms with van der Waals surface area (Å²) in [5.74, 6) is 0.521. The molecule has 0 spiro atoms. The molecule has 3 rings (SSSR count). The van der Waals surface area contributed by atoms with Crippen LogP contribution in [0.2, 0.25) is 0 Å². The smallest absolute Gasteiger partial charge is 0.193 e. The van der Waals surface area contributed by atoms with E-state index in [2.05, 4.69) is 33.5 Å². The van der Waals surface area contributed by atoms with Crippen LogP contribution in [0.4, 0.5) is 4.39 Å². The number of aromatic nitrogens is 1. The van der Waals surface area contributed by atoms with E-state index < -0.39 is 0 Å². The first-order valence-electron chi connectivity index (χ1n) is 8.16. The maximum Gasteiger partial charge on any atom is 0.193 e. The number of benzene rings is 2. The summed E-state index contributed by atoms with van der Waals surface area (Å²) < 4.78 is 13.3. The molecule has 0 saturated heterocycles. The number of guanidine groups is 1. The van der Waals surface area contributed by atoms with Gasteiger partial charge in [-0.2, -0.15) is 0 Å². The molecule has 1 aromatic heterocycles. The molecule has 5 heteroatoms. The number of rotatable bonds is 4. The lowest BCUT2D eigenvalue weighted by Crippen LogP contribution is -2.38. The highest BCUT2D eigenvalue weighted by atomic mass is 19.1. The second-order valence-electron chi connectivity index (χ2n) is 5.88. The van der Waals surface area contributed by atoms with Crippen molar-refractivity contribution in [1.82, 2.24) is 15.2 Å². The van der Waals surface area contributed by atoms with Gasteiger partial charge in [0.25, 0.3) is 0 Å². The minimum atomic E-state index is -0.226. The fraction of sp³-hybridized carbons (Fsp3) is 0.200. The average molecular weight is 336 g/mol. The predicted molar refractivity (Wildman–Crippen MR) is 99.8 cm³/mol. The van der Waals surface area contributed by atoms with Crippen LogP contribution >= 0.6 is 0 Å². The first-order valence-corrected chi connectivity index (χ1v) is 8.16. The summed E-state index contributed by atoms with van der Waals surface area (Å²) >= 11 is 0. The molecular weight excluding hydrogens is 315 g/mol. The molecule has 0 radical (unpaired) electrons. The maximum absolute atomic E-state index is 13.3. The third kappa shape index (κ3) is 4.12. The Kier molecular flexibility index (Phi) is 5.23. The van der Waals surface area contributed by atoms with E-state index in [4.69, 9.17) is 0 Å². The van der Waals surface area contributed by atoms with Crippen LogP contribution in [-0.4, -0.2) is 29.9 Å². The standard InChI is InChI=1S/C20H21FN4/c1-22-20(25(2)14-15-6-3-10-18(21)12-15)24-13-17-8-4-7-16-9-5-11-23-19(16)17/h3-12H,13-14H2,1-2H3,(H,22,24). The summed E-state index contributed by atoms with van der Waals surface area (Å²) in [7, 11) is 3.67. The molecule has 128 valence electrons. The first kappa shape index (κ1) is 16.9. The number of nitrogens with one attached hydrogen (secondary N) is 1. The average Bonchev–Trinajstić information content (AvgIpc) is 2.62. The van der Waals surface area contributed by atoms with E-state index >= 15 is 0 Å². The van der Waals surface area contributed by atoms with E-state index in [1.165, 1.54) is 6.07 Å². The van der Waals surface area contributed by atoms with Crippen LogP contribution in [0.5, 0.6) is 0 Å². The molecular formula is C20H21FN4. The number of pyridine rings is 1. The van der Waals surface area contributed by atoms with Gasteiger partial charge in [0.05, 0.1) is 5.52 Å². The lowest BCUT2D eigenvalue weighted by Gasteiger charge is -2.22. The van der Waals surface area contributed by atoms with Crippen LogP contribution in [-0.2, 0) is 13.1 Å². The predicted octanol–water partition coefficient (Wildman–Crippen LogP) is 3.58. The summed E-state index contributed by atoms with van der Waals surface area (Å²) in [6, 6.07) is 16.7. The van der Waals surface area contributed by atoms with E-state index in [0.717, 1.165) is 28.0 Å². The van der Waals surface area contributed by atoms with Gasteiger partial charge in [-0.1, -0.05) is 36.4 Å². The minimum absolute atomic E-state index is 0.226. The normalized spacial score (nSPS) is 11.6. The second kappa shape index (κ2) is 7.75. The zero-order chi connectivity index (χ0) is 17.6. The summed E-state index contributed by atoms with van der Waals surface area (Å²) in [5, 5.41) is 4.47. The first-order chi connectivity index (χ1) is 12.2. The quantitative estimate of drug-likeness (QED) is 0.585. The lowest BCUT2D eigenvalue weighted by atomic mass is 10.1. The Morgan fingerprint density at radius 1 is 1.16 bits per heavy atom. The Labute approximate surface area is 147 Å². The van der Waals surface area contributed by atoms with Crippen molar-refractivity contribution >= 4 is 16.9 Å². The molecule has 1 N–H and O–H groups in total. The zero-order valence-corrected chi connectivity index (χ0v) is 14.4. The highest BCUT2D eigenvalue weighted by molar-refractivity contribution is 5.83. The largest absolute Gasteiger partial charge is 0.352 e. The highest BCUT2D eigenvalue weighted by Crippen LogP contribution is 2.15. The van der Waals surface area contributed by atoms with Crippen LogP contribution < -0.4 is 5.32 Å². The highest BCUT2D eigenvalue weighted by Gasteiger charge is 2.08. The van der Waals surface area contributed by atoms with Gasteiger partial charge in [0.2, 0.25) is 0 Å². The molecule has 0 aliphatic heterocycles. The van der Waals surface area contributed by atoms with Crippen molar-refractivity contribution in [2.75, 3.05) is 14.1 Å². The van der Waals surface area contributed by atoms with Gasteiger partial charge in [-0.15, -0.1) is 0 Å². The molecule has 0 atom stereocenters. The Morgan fingerprint density at radius 2 is 1.96 bits per heavy atom. The van der Waals surface area contributed by atoms with E-state index in [1.807, 2.05) is 30.1 Å². The van der Waals surface area contributed by atoms with Gasteiger partial charge in [-0.25, -0.2) is 4.39 Å². The number of halogens is 1. The van der Waals surface area contributed by atoms with Crippen molar-refractivity contribution in [3.8, 4) is 0 Å². The van der Waals surface area contributed by atoms with Crippen LogP contribution in [0, 0.1) is 5.82 Å². The summed E-state index contributed by atoms with van der Waals surface area (Å²) in [4.78, 5) is 10.8.